The van der Waals surface area contributed by atoms with Gasteiger partial charge in [0.05, 0.1) is 10.4 Å². The molecule has 0 bridgehead atoms. The molecule has 0 fully saturated rings. The standard InChI is InChI=1S/C5H4F3NOS/c6-5(7,8)4(10)3-1-9-2-11-3/h1-2,4,10H. The molecule has 1 unspecified atom stereocenters. The molecular weight excluding hydrogens is 179 g/mol. The van der Waals surface area contributed by atoms with Gasteiger partial charge in [0.1, 0.15) is 0 Å². The Morgan fingerprint density at radius 2 is 2.18 bits per heavy atom. The van der Waals surface area contributed by atoms with Crippen molar-refractivity contribution in [2.75, 3.05) is 0 Å². The molecule has 11 heavy (non-hydrogen) atoms. The topological polar surface area (TPSA) is 33.1 Å². The minimum Gasteiger partial charge on any atom is -0.379 e. The highest BCUT2D eigenvalue weighted by Gasteiger charge is 2.40. The van der Waals surface area contributed by atoms with E-state index in [0.717, 1.165) is 17.5 Å². The van der Waals surface area contributed by atoms with E-state index >= 15 is 0 Å². The van der Waals surface area contributed by atoms with E-state index < -0.39 is 12.3 Å². The molecule has 6 heteroatoms. The fourth-order valence-corrected chi connectivity index (χ4v) is 1.15. The first-order chi connectivity index (χ1) is 5.02. The summed E-state index contributed by atoms with van der Waals surface area (Å²) in [6, 6.07) is 0. The maximum atomic E-state index is 11.7. The first kappa shape index (κ1) is 8.48. The Bertz CT molecular complexity index is 220. The Balaban J connectivity index is 2.78. The highest BCUT2D eigenvalue weighted by molar-refractivity contribution is 7.09. The maximum Gasteiger partial charge on any atom is 0.419 e. The fraction of sp³-hybridized carbons (Fsp3) is 0.400. The van der Waals surface area contributed by atoms with Crippen LogP contribution in [0.3, 0.4) is 0 Å². The Morgan fingerprint density at radius 1 is 1.55 bits per heavy atom. The average Bonchev–Trinajstić information content (AvgIpc) is 2.34. The molecule has 62 valence electrons. The quantitative estimate of drug-likeness (QED) is 0.719. The molecule has 0 aliphatic heterocycles. The van der Waals surface area contributed by atoms with Crippen molar-refractivity contribution >= 4 is 11.3 Å². The molecule has 0 radical (unpaired) electrons. The summed E-state index contributed by atoms with van der Waals surface area (Å²) in [7, 11) is 0. The monoisotopic (exact) mass is 183 g/mol. The van der Waals surface area contributed by atoms with Crippen molar-refractivity contribution in [2.45, 2.75) is 12.3 Å². The molecule has 2 nitrogen and oxygen atoms in total. The second-order valence-electron chi connectivity index (χ2n) is 1.85. The average molecular weight is 183 g/mol. The first-order valence-electron chi connectivity index (χ1n) is 2.65. The lowest BCUT2D eigenvalue weighted by atomic mass is 10.3. The molecule has 0 spiro atoms. The molecule has 1 rings (SSSR count). The van der Waals surface area contributed by atoms with E-state index in [2.05, 4.69) is 4.98 Å². The summed E-state index contributed by atoms with van der Waals surface area (Å²) in [6.07, 6.45) is -5.98. The highest BCUT2D eigenvalue weighted by Crippen LogP contribution is 2.33. The molecule has 0 saturated carbocycles. The van der Waals surface area contributed by atoms with Gasteiger partial charge in [-0.05, 0) is 0 Å². The van der Waals surface area contributed by atoms with Gasteiger partial charge in [-0.15, -0.1) is 11.3 Å². The van der Waals surface area contributed by atoms with Crippen LogP contribution in [-0.2, 0) is 0 Å². The van der Waals surface area contributed by atoms with Crippen LogP contribution in [0.2, 0.25) is 0 Å². The van der Waals surface area contributed by atoms with E-state index in [9.17, 15) is 13.2 Å². The number of thiazole rings is 1. The summed E-state index contributed by atoms with van der Waals surface area (Å²) in [5, 5.41) is 8.59. The SMILES string of the molecule is OC(c1cncs1)C(F)(F)F. The molecule has 1 heterocycles. The lowest BCUT2D eigenvalue weighted by Gasteiger charge is -2.11. The first-order valence-corrected chi connectivity index (χ1v) is 3.53. The van der Waals surface area contributed by atoms with Crippen molar-refractivity contribution in [1.29, 1.82) is 0 Å². The summed E-state index contributed by atoms with van der Waals surface area (Å²) >= 11 is 0.777. The van der Waals surface area contributed by atoms with E-state index in [1.165, 1.54) is 5.51 Å². The van der Waals surface area contributed by atoms with E-state index in [1.807, 2.05) is 0 Å². The van der Waals surface area contributed by atoms with Gasteiger partial charge in [0.2, 0.25) is 0 Å². The Labute approximate surface area is 64.3 Å². The van der Waals surface area contributed by atoms with Crippen LogP contribution in [0.15, 0.2) is 11.7 Å². The number of alkyl halides is 3. The van der Waals surface area contributed by atoms with Gasteiger partial charge in [-0.3, -0.25) is 4.98 Å². The van der Waals surface area contributed by atoms with E-state index in [0.29, 0.717) is 0 Å². The van der Waals surface area contributed by atoms with Crippen LogP contribution >= 0.6 is 11.3 Å². The third-order valence-electron chi connectivity index (χ3n) is 1.03. The zero-order valence-corrected chi connectivity index (χ0v) is 5.99. The number of rotatable bonds is 1. The van der Waals surface area contributed by atoms with Gasteiger partial charge in [-0.25, -0.2) is 0 Å². The molecule has 1 aromatic rings. The molecule has 0 aromatic carbocycles. The zero-order chi connectivity index (χ0) is 8.48. The largest absolute Gasteiger partial charge is 0.419 e. The van der Waals surface area contributed by atoms with Crippen LogP contribution in [0.4, 0.5) is 13.2 Å². The number of halogens is 3. The van der Waals surface area contributed by atoms with Crippen molar-refractivity contribution < 1.29 is 18.3 Å². The summed E-state index contributed by atoms with van der Waals surface area (Å²) in [6.45, 7) is 0. The summed E-state index contributed by atoms with van der Waals surface area (Å²) in [5.41, 5.74) is 1.24. The van der Waals surface area contributed by atoms with Gasteiger partial charge in [0.25, 0.3) is 0 Å². The molecule has 1 atom stereocenters. The van der Waals surface area contributed by atoms with Crippen LogP contribution in [0.5, 0.6) is 0 Å². The Morgan fingerprint density at radius 3 is 2.55 bits per heavy atom. The van der Waals surface area contributed by atoms with Gasteiger partial charge in [0.15, 0.2) is 6.10 Å². The van der Waals surface area contributed by atoms with Crippen molar-refractivity contribution in [3.05, 3.63) is 16.6 Å². The predicted octanol–water partition coefficient (Wildman–Crippen LogP) is 1.74. The smallest absolute Gasteiger partial charge is 0.379 e. The third-order valence-corrected chi connectivity index (χ3v) is 1.86. The molecule has 1 N–H and O–H groups in total. The molecule has 1 aromatic heterocycles. The summed E-state index contributed by atoms with van der Waals surface area (Å²) in [5.74, 6) is 0. The van der Waals surface area contributed by atoms with Crippen LogP contribution in [-0.4, -0.2) is 16.3 Å². The Kier molecular flexibility index (Phi) is 2.15. The van der Waals surface area contributed by atoms with Crippen molar-refractivity contribution in [1.82, 2.24) is 4.98 Å². The van der Waals surface area contributed by atoms with E-state index in [4.69, 9.17) is 5.11 Å². The van der Waals surface area contributed by atoms with Gasteiger partial charge in [-0.2, -0.15) is 13.2 Å². The number of aliphatic hydroxyl groups excluding tert-OH is 1. The molecular formula is C5H4F3NOS. The van der Waals surface area contributed by atoms with Gasteiger partial charge < -0.3 is 5.11 Å². The Hall–Kier alpha value is -0.620. The maximum absolute atomic E-state index is 11.7. The third kappa shape index (κ3) is 1.90. The van der Waals surface area contributed by atoms with Crippen LogP contribution < -0.4 is 0 Å². The molecule has 0 amide bonds. The number of aliphatic hydroxyl groups is 1. The number of hydrogen-bond donors (Lipinski definition) is 1. The van der Waals surface area contributed by atoms with Crippen molar-refractivity contribution in [3.8, 4) is 0 Å². The number of nitrogens with zero attached hydrogens (tertiary/aromatic N) is 1. The van der Waals surface area contributed by atoms with Crippen molar-refractivity contribution in [2.24, 2.45) is 0 Å². The minimum atomic E-state index is -4.59. The summed E-state index contributed by atoms with van der Waals surface area (Å²) < 4.78 is 35.2. The minimum absolute atomic E-state index is 0.183. The number of aromatic nitrogens is 1. The predicted molar refractivity (Wildman–Crippen MR) is 33.1 cm³/mol. The molecule has 0 aliphatic rings. The molecule has 0 aliphatic carbocycles. The normalized spacial score (nSPS) is 14.9. The van der Waals surface area contributed by atoms with Gasteiger partial charge >= 0.3 is 6.18 Å². The van der Waals surface area contributed by atoms with Gasteiger partial charge in [0, 0.05) is 6.20 Å². The van der Waals surface area contributed by atoms with Crippen LogP contribution in [0.1, 0.15) is 11.0 Å². The van der Waals surface area contributed by atoms with E-state index in [1.54, 1.807) is 0 Å². The summed E-state index contributed by atoms with van der Waals surface area (Å²) in [4.78, 5) is 3.23. The lowest BCUT2D eigenvalue weighted by molar-refractivity contribution is -0.205. The van der Waals surface area contributed by atoms with Crippen LogP contribution in [0.25, 0.3) is 0 Å². The lowest BCUT2D eigenvalue weighted by Crippen LogP contribution is -2.18. The van der Waals surface area contributed by atoms with Crippen molar-refractivity contribution in [3.63, 3.8) is 0 Å². The van der Waals surface area contributed by atoms with Gasteiger partial charge in [-0.1, -0.05) is 0 Å². The number of hydrogen-bond acceptors (Lipinski definition) is 3. The second-order valence-corrected chi connectivity index (χ2v) is 2.77. The molecule has 0 saturated heterocycles. The van der Waals surface area contributed by atoms with Crippen LogP contribution in [0, 0.1) is 0 Å². The second kappa shape index (κ2) is 2.78. The fourth-order valence-electron chi connectivity index (χ4n) is 0.522. The highest BCUT2D eigenvalue weighted by atomic mass is 32.1. The van der Waals surface area contributed by atoms with E-state index in [-0.39, 0.29) is 4.88 Å². The zero-order valence-electron chi connectivity index (χ0n) is 5.17.